The Morgan fingerprint density at radius 3 is 2.21 bits per heavy atom. The zero-order chi connectivity index (χ0) is 30.9. The van der Waals surface area contributed by atoms with Crippen molar-refractivity contribution < 1.29 is 22.7 Å². The molecule has 8 nitrogen and oxygen atoms in total. The fourth-order valence-electron chi connectivity index (χ4n) is 4.44. The minimum absolute atomic E-state index is 0.0198. The first kappa shape index (κ1) is 33.3. The second-order valence-electron chi connectivity index (χ2n) is 9.79. The maximum Gasteiger partial charge on any atom is 0.264 e. The van der Waals surface area contributed by atoms with E-state index in [1.165, 1.54) is 28.8 Å². The molecule has 0 aliphatic carbocycles. The third-order valence-electron chi connectivity index (χ3n) is 6.48. The number of hydrogen-bond acceptors (Lipinski definition) is 6. The number of rotatable bonds is 14. The number of nitrogens with one attached hydrogen (secondary N) is 1. The van der Waals surface area contributed by atoms with Crippen LogP contribution in [0, 0.1) is 0 Å². The molecule has 3 aromatic carbocycles. The highest BCUT2D eigenvalue weighted by atomic mass is 35.5. The van der Waals surface area contributed by atoms with Gasteiger partial charge in [-0.2, -0.15) is 0 Å². The van der Waals surface area contributed by atoms with Crippen LogP contribution in [0.25, 0.3) is 0 Å². The molecule has 0 bridgehead atoms. The maximum atomic E-state index is 14.2. The molecule has 0 heterocycles. The Balaban J connectivity index is 2.13. The summed E-state index contributed by atoms with van der Waals surface area (Å²) in [4.78, 5) is 29.9. The average molecular weight is 632 g/mol. The van der Waals surface area contributed by atoms with Crippen LogP contribution in [-0.4, -0.2) is 56.6 Å². The SMILES string of the molecule is CCOc1ccccc1N(CC(=O)N(Cc1ccccc1Cl)[C@H](CC)C(=O)NC(C)C)S(=O)(=O)c1ccc(SC)cc1. The van der Waals surface area contributed by atoms with Gasteiger partial charge in [-0.25, -0.2) is 8.42 Å². The van der Waals surface area contributed by atoms with Gasteiger partial charge in [-0.3, -0.25) is 13.9 Å². The molecule has 42 heavy (non-hydrogen) atoms. The Labute approximate surface area is 258 Å². The van der Waals surface area contributed by atoms with Gasteiger partial charge in [0.05, 0.1) is 17.2 Å². The minimum atomic E-state index is -4.23. The number of hydrogen-bond donors (Lipinski definition) is 1. The second kappa shape index (κ2) is 15.3. The zero-order valence-electron chi connectivity index (χ0n) is 24.5. The molecule has 0 fully saturated rings. The normalized spacial score (nSPS) is 12.1. The second-order valence-corrected chi connectivity index (χ2v) is 12.9. The molecule has 2 amide bonds. The predicted molar refractivity (Wildman–Crippen MR) is 170 cm³/mol. The van der Waals surface area contributed by atoms with Gasteiger partial charge >= 0.3 is 0 Å². The molecule has 0 aliphatic rings. The number of nitrogens with zero attached hydrogens (tertiary/aromatic N) is 2. The highest BCUT2D eigenvalue weighted by Crippen LogP contribution is 2.33. The van der Waals surface area contributed by atoms with Crippen molar-refractivity contribution in [2.24, 2.45) is 0 Å². The minimum Gasteiger partial charge on any atom is -0.492 e. The quantitative estimate of drug-likeness (QED) is 0.220. The van der Waals surface area contributed by atoms with Gasteiger partial charge in [-0.15, -0.1) is 11.8 Å². The van der Waals surface area contributed by atoms with Gasteiger partial charge in [0.25, 0.3) is 10.0 Å². The van der Waals surface area contributed by atoms with E-state index in [1.807, 2.05) is 27.0 Å². The number of amides is 2. The first-order chi connectivity index (χ1) is 20.0. The zero-order valence-corrected chi connectivity index (χ0v) is 26.9. The molecule has 0 radical (unpaired) electrons. The van der Waals surface area contributed by atoms with Gasteiger partial charge in [-0.1, -0.05) is 48.9 Å². The van der Waals surface area contributed by atoms with Crippen LogP contribution in [-0.2, 0) is 26.2 Å². The Kier molecular flexibility index (Phi) is 12.1. The van der Waals surface area contributed by atoms with E-state index in [4.69, 9.17) is 16.3 Å². The van der Waals surface area contributed by atoms with Crippen LogP contribution in [0.5, 0.6) is 5.75 Å². The van der Waals surface area contributed by atoms with Gasteiger partial charge in [0.15, 0.2) is 0 Å². The van der Waals surface area contributed by atoms with Gasteiger partial charge in [0, 0.05) is 22.5 Å². The van der Waals surface area contributed by atoms with E-state index in [0.29, 0.717) is 29.4 Å². The number of ether oxygens (including phenoxy) is 1. The Bertz CT molecular complexity index is 1470. The number of para-hydroxylation sites is 2. The molecule has 0 unspecified atom stereocenters. The molecular weight excluding hydrogens is 594 g/mol. The van der Waals surface area contributed by atoms with E-state index in [0.717, 1.165) is 9.20 Å². The fourth-order valence-corrected chi connectivity index (χ4v) is 6.47. The third kappa shape index (κ3) is 8.20. The van der Waals surface area contributed by atoms with Crippen LogP contribution < -0.4 is 14.4 Å². The topological polar surface area (TPSA) is 96.0 Å². The Morgan fingerprint density at radius 2 is 1.62 bits per heavy atom. The third-order valence-corrected chi connectivity index (χ3v) is 9.36. The van der Waals surface area contributed by atoms with Crippen LogP contribution in [0.1, 0.15) is 39.7 Å². The molecule has 3 rings (SSSR count). The maximum absolute atomic E-state index is 14.2. The Hall–Kier alpha value is -3.21. The summed E-state index contributed by atoms with van der Waals surface area (Å²) >= 11 is 7.95. The molecule has 0 spiro atoms. The van der Waals surface area contributed by atoms with E-state index >= 15 is 0 Å². The van der Waals surface area contributed by atoms with E-state index < -0.39 is 28.5 Å². The van der Waals surface area contributed by atoms with Crippen molar-refractivity contribution in [2.45, 2.75) is 62.5 Å². The van der Waals surface area contributed by atoms with Crippen LogP contribution in [0.4, 0.5) is 5.69 Å². The van der Waals surface area contributed by atoms with E-state index in [-0.39, 0.29) is 29.1 Å². The highest BCUT2D eigenvalue weighted by molar-refractivity contribution is 7.98. The van der Waals surface area contributed by atoms with Crippen molar-refractivity contribution in [2.75, 3.05) is 23.7 Å². The van der Waals surface area contributed by atoms with Crippen molar-refractivity contribution in [1.29, 1.82) is 0 Å². The predicted octanol–water partition coefficient (Wildman–Crippen LogP) is 5.99. The molecule has 0 aromatic heterocycles. The lowest BCUT2D eigenvalue weighted by atomic mass is 10.1. The van der Waals surface area contributed by atoms with Gasteiger partial charge in [-0.05, 0) is 81.5 Å². The summed E-state index contributed by atoms with van der Waals surface area (Å²) in [6, 6.07) is 19.2. The molecule has 3 aromatic rings. The lowest BCUT2D eigenvalue weighted by molar-refractivity contribution is -0.140. The van der Waals surface area contributed by atoms with Gasteiger partial charge < -0.3 is 15.0 Å². The lowest BCUT2D eigenvalue weighted by Crippen LogP contribution is -2.53. The number of carbonyl (C=O) groups is 2. The number of halogens is 1. The van der Waals surface area contributed by atoms with Gasteiger partial charge in [0.1, 0.15) is 18.3 Å². The molecule has 11 heteroatoms. The summed E-state index contributed by atoms with van der Waals surface area (Å²) in [5.41, 5.74) is 0.860. The van der Waals surface area contributed by atoms with E-state index in [1.54, 1.807) is 67.6 Å². The molecule has 226 valence electrons. The average Bonchev–Trinajstić information content (AvgIpc) is 2.96. The van der Waals surface area contributed by atoms with Crippen molar-refractivity contribution in [3.63, 3.8) is 0 Å². The monoisotopic (exact) mass is 631 g/mol. The van der Waals surface area contributed by atoms with Crippen molar-refractivity contribution in [1.82, 2.24) is 10.2 Å². The molecule has 0 saturated carbocycles. The van der Waals surface area contributed by atoms with Crippen molar-refractivity contribution >= 4 is 50.9 Å². The lowest BCUT2D eigenvalue weighted by Gasteiger charge is -2.34. The summed E-state index contributed by atoms with van der Waals surface area (Å²) < 4.78 is 35.2. The van der Waals surface area contributed by atoms with Crippen LogP contribution in [0.2, 0.25) is 5.02 Å². The largest absolute Gasteiger partial charge is 0.492 e. The summed E-state index contributed by atoms with van der Waals surface area (Å²) in [7, 11) is -4.23. The summed E-state index contributed by atoms with van der Waals surface area (Å²) in [5.74, 6) is -0.569. The summed E-state index contributed by atoms with van der Waals surface area (Å²) in [5, 5.41) is 3.33. The number of benzene rings is 3. The first-order valence-electron chi connectivity index (χ1n) is 13.7. The molecule has 0 aliphatic heterocycles. The molecule has 1 N–H and O–H groups in total. The van der Waals surface area contributed by atoms with Crippen molar-refractivity contribution in [3.05, 3.63) is 83.4 Å². The number of sulfonamides is 1. The van der Waals surface area contributed by atoms with Crippen LogP contribution in [0.15, 0.2) is 82.6 Å². The van der Waals surface area contributed by atoms with Crippen LogP contribution >= 0.6 is 23.4 Å². The highest BCUT2D eigenvalue weighted by Gasteiger charge is 2.35. The first-order valence-corrected chi connectivity index (χ1v) is 16.8. The van der Waals surface area contributed by atoms with E-state index in [2.05, 4.69) is 5.32 Å². The summed E-state index contributed by atoms with van der Waals surface area (Å²) in [6.07, 6.45) is 2.22. The van der Waals surface area contributed by atoms with Crippen LogP contribution in [0.3, 0.4) is 0 Å². The number of thioether (sulfide) groups is 1. The molecular formula is C31H38ClN3O5S2. The standard InChI is InChI=1S/C31H38ClN3O5S2/c1-6-27(31(37)33-22(3)4)34(20-23-12-8-9-13-26(23)32)30(36)21-35(28-14-10-11-15-29(28)40-7-2)42(38,39)25-18-16-24(41-5)17-19-25/h8-19,22,27H,6-7,20-21H2,1-5H3,(H,33,37)/t27-/m1/s1. The summed E-state index contributed by atoms with van der Waals surface area (Å²) in [6.45, 7) is 7.04. The van der Waals surface area contributed by atoms with Crippen molar-refractivity contribution in [3.8, 4) is 5.75 Å². The molecule has 0 saturated heterocycles. The number of anilines is 1. The van der Waals surface area contributed by atoms with E-state index in [9.17, 15) is 18.0 Å². The van der Waals surface area contributed by atoms with Gasteiger partial charge in [0.2, 0.25) is 11.8 Å². The smallest absolute Gasteiger partial charge is 0.264 e. The number of carbonyl (C=O) groups excluding carboxylic acids is 2. The Morgan fingerprint density at radius 1 is 0.976 bits per heavy atom. The fraction of sp³-hybridized carbons (Fsp3) is 0.355. The molecule has 1 atom stereocenters.